The minimum atomic E-state index is -0.181. The molecule has 20 heavy (non-hydrogen) atoms. The molecule has 1 unspecified atom stereocenters. The molecule has 3 N–H and O–H groups in total. The van der Waals surface area contributed by atoms with E-state index in [1.807, 2.05) is 0 Å². The molecule has 3 rings (SSSR count). The lowest BCUT2D eigenvalue weighted by molar-refractivity contribution is -0.122. The third-order valence-electron chi connectivity index (χ3n) is 3.80. The number of nitrogens with zero attached hydrogens (tertiary/aromatic N) is 2. The molecular weight excluding hydrogens is 258 g/mol. The highest BCUT2D eigenvalue weighted by molar-refractivity contribution is 5.81. The second-order valence-corrected chi connectivity index (χ2v) is 5.23. The van der Waals surface area contributed by atoms with Gasteiger partial charge in [0.05, 0.1) is 12.2 Å². The SMILES string of the molecule is O=C(NCCn1nc2c(cc1=O)CCC2)C1CCNN1. The third kappa shape index (κ3) is 2.73. The van der Waals surface area contributed by atoms with E-state index in [9.17, 15) is 9.59 Å². The number of hydrazine groups is 1. The molecule has 2 heterocycles. The predicted molar refractivity (Wildman–Crippen MR) is 73.1 cm³/mol. The summed E-state index contributed by atoms with van der Waals surface area (Å²) in [7, 11) is 0. The van der Waals surface area contributed by atoms with Gasteiger partial charge in [-0.05, 0) is 31.2 Å². The fourth-order valence-electron chi connectivity index (χ4n) is 2.69. The highest BCUT2D eigenvalue weighted by Gasteiger charge is 2.21. The number of carbonyl (C=O) groups excluding carboxylic acids is 1. The Balaban J connectivity index is 1.56. The topological polar surface area (TPSA) is 88.0 Å². The van der Waals surface area contributed by atoms with Gasteiger partial charge in [0.25, 0.3) is 5.56 Å². The van der Waals surface area contributed by atoms with Crippen LogP contribution in [0.2, 0.25) is 0 Å². The van der Waals surface area contributed by atoms with Crippen LogP contribution in [0.4, 0.5) is 0 Å². The fraction of sp³-hybridized carbons (Fsp3) is 0.615. The molecule has 0 spiro atoms. The van der Waals surface area contributed by atoms with Gasteiger partial charge in [0.1, 0.15) is 6.04 Å². The molecule has 1 amide bonds. The van der Waals surface area contributed by atoms with Crippen molar-refractivity contribution in [2.24, 2.45) is 0 Å². The van der Waals surface area contributed by atoms with Crippen LogP contribution in [0.15, 0.2) is 10.9 Å². The van der Waals surface area contributed by atoms with Crippen LogP contribution in [-0.2, 0) is 24.2 Å². The summed E-state index contributed by atoms with van der Waals surface area (Å²) in [6, 6.07) is 1.50. The van der Waals surface area contributed by atoms with Gasteiger partial charge in [0.2, 0.25) is 5.91 Å². The summed E-state index contributed by atoms with van der Waals surface area (Å²) < 4.78 is 1.45. The zero-order chi connectivity index (χ0) is 13.9. The predicted octanol–water partition coefficient (Wildman–Crippen LogP) is -1.29. The number of hydrogen-bond donors (Lipinski definition) is 3. The average Bonchev–Trinajstić information content (AvgIpc) is 3.08. The summed E-state index contributed by atoms with van der Waals surface area (Å²) in [6.07, 6.45) is 3.75. The lowest BCUT2D eigenvalue weighted by atomic mass is 10.2. The molecule has 1 saturated heterocycles. The zero-order valence-electron chi connectivity index (χ0n) is 11.3. The Bertz CT molecular complexity index is 562. The molecule has 0 saturated carbocycles. The summed E-state index contributed by atoms with van der Waals surface area (Å²) >= 11 is 0. The average molecular weight is 277 g/mol. The molecule has 0 radical (unpaired) electrons. The van der Waals surface area contributed by atoms with Crippen molar-refractivity contribution in [3.05, 3.63) is 27.7 Å². The summed E-state index contributed by atoms with van der Waals surface area (Å²) in [5, 5.41) is 7.20. The third-order valence-corrected chi connectivity index (χ3v) is 3.80. The first-order chi connectivity index (χ1) is 9.74. The molecule has 0 bridgehead atoms. The van der Waals surface area contributed by atoms with Gasteiger partial charge >= 0.3 is 0 Å². The Morgan fingerprint density at radius 2 is 2.40 bits per heavy atom. The van der Waals surface area contributed by atoms with E-state index in [2.05, 4.69) is 21.3 Å². The van der Waals surface area contributed by atoms with E-state index in [4.69, 9.17) is 0 Å². The van der Waals surface area contributed by atoms with Crippen molar-refractivity contribution >= 4 is 5.91 Å². The van der Waals surface area contributed by atoms with E-state index in [0.29, 0.717) is 13.1 Å². The van der Waals surface area contributed by atoms with Crippen molar-refractivity contribution in [3.8, 4) is 0 Å². The van der Waals surface area contributed by atoms with E-state index in [1.54, 1.807) is 6.07 Å². The van der Waals surface area contributed by atoms with Gasteiger partial charge in [0, 0.05) is 19.2 Å². The first kappa shape index (κ1) is 13.3. The van der Waals surface area contributed by atoms with Crippen molar-refractivity contribution in [2.75, 3.05) is 13.1 Å². The van der Waals surface area contributed by atoms with Crippen molar-refractivity contribution in [1.29, 1.82) is 0 Å². The van der Waals surface area contributed by atoms with Gasteiger partial charge in [-0.15, -0.1) is 0 Å². The first-order valence-corrected chi connectivity index (χ1v) is 7.10. The Kier molecular flexibility index (Phi) is 3.79. The van der Waals surface area contributed by atoms with Gasteiger partial charge < -0.3 is 5.32 Å². The molecule has 108 valence electrons. The minimum Gasteiger partial charge on any atom is -0.353 e. The van der Waals surface area contributed by atoms with Crippen LogP contribution < -0.4 is 21.7 Å². The van der Waals surface area contributed by atoms with E-state index >= 15 is 0 Å². The molecular formula is C13H19N5O2. The van der Waals surface area contributed by atoms with Gasteiger partial charge in [-0.25, -0.2) is 10.1 Å². The van der Waals surface area contributed by atoms with E-state index in [1.165, 1.54) is 4.68 Å². The zero-order valence-corrected chi connectivity index (χ0v) is 11.3. The maximum Gasteiger partial charge on any atom is 0.267 e. The van der Waals surface area contributed by atoms with Crippen LogP contribution in [-0.4, -0.2) is 34.8 Å². The number of carbonyl (C=O) groups is 1. The molecule has 1 aromatic heterocycles. The smallest absolute Gasteiger partial charge is 0.267 e. The standard InChI is InChI=1S/C13H19N5O2/c19-12-8-9-2-1-3-10(9)17-18(12)7-6-14-13(20)11-4-5-15-16-11/h8,11,15-16H,1-7H2,(H,14,20). The maximum absolute atomic E-state index is 11.9. The summed E-state index contributed by atoms with van der Waals surface area (Å²) in [5.74, 6) is -0.0378. The molecule has 1 aliphatic heterocycles. The van der Waals surface area contributed by atoms with E-state index < -0.39 is 0 Å². The number of rotatable bonds is 4. The second-order valence-electron chi connectivity index (χ2n) is 5.23. The number of hydrogen-bond acceptors (Lipinski definition) is 5. The van der Waals surface area contributed by atoms with Gasteiger partial charge in [-0.2, -0.15) is 5.10 Å². The van der Waals surface area contributed by atoms with Crippen molar-refractivity contribution in [1.82, 2.24) is 25.9 Å². The van der Waals surface area contributed by atoms with E-state index in [0.717, 1.165) is 43.5 Å². The quantitative estimate of drug-likeness (QED) is 0.638. The Labute approximate surface area is 116 Å². The molecule has 7 nitrogen and oxygen atoms in total. The number of amides is 1. The number of aromatic nitrogens is 2. The molecule has 1 atom stereocenters. The first-order valence-electron chi connectivity index (χ1n) is 7.10. The summed E-state index contributed by atoms with van der Waals surface area (Å²) in [4.78, 5) is 23.7. The summed E-state index contributed by atoms with van der Waals surface area (Å²) in [5.41, 5.74) is 7.85. The van der Waals surface area contributed by atoms with Crippen LogP contribution >= 0.6 is 0 Å². The van der Waals surface area contributed by atoms with Gasteiger partial charge in [-0.1, -0.05) is 0 Å². The van der Waals surface area contributed by atoms with Crippen molar-refractivity contribution in [2.45, 2.75) is 38.3 Å². The Morgan fingerprint density at radius 3 is 3.20 bits per heavy atom. The summed E-state index contributed by atoms with van der Waals surface area (Å²) in [6.45, 7) is 1.63. The Hall–Kier alpha value is -1.73. The minimum absolute atomic E-state index is 0.0378. The lowest BCUT2D eigenvalue weighted by Gasteiger charge is -2.11. The maximum atomic E-state index is 11.9. The van der Waals surface area contributed by atoms with Crippen molar-refractivity contribution < 1.29 is 4.79 Å². The molecule has 0 aromatic carbocycles. The molecule has 2 aliphatic rings. The van der Waals surface area contributed by atoms with Crippen molar-refractivity contribution in [3.63, 3.8) is 0 Å². The molecule has 1 fully saturated rings. The van der Waals surface area contributed by atoms with Crippen LogP contribution in [0.3, 0.4) is 0 Å². The fourth-order valence-corrected chi connectivity index (χ4v) is 2.69. The Morgan fingerprint density at radius 1 is 1.50 bits per heavy atom. The van der Waals surface area contributed by atoms with Gasteiger partial charge in [0.15, 0.2) is 0 Å². The molecule has 1 aromatic rings. The normalized spacial score (nSPS) is 20.9. The molecule has 7 heteroatoms. The number of fused-ring (bicyclic) bond motifs is 1. The van der Waals surface area contributed by atoms with Crippen LogP contribution in [0.5, 0.6) is 0 Å². The largest absolute Gasteiger partial charge is 0.353 e. The van der Waals surface area contributed by atoms with Crippen LogP contribution in [0, 0.1) is 0 Å². The van der Waals surface area contributed by atoms with E-state index in [-0.39, 0.29) is 17.5 Å². The van der Waals surface area contributed by atoms with Crippen LogP contribution in [0.25, 0.3) is 0 Å². The number of nitrogens with one attached hydrogen (secondary N) is 3. The highest BCUT2D eigenvalue weighted by atomic mass is 16.2. The lowest BCUT2D eigenvalue weighted by Crippen LogP contribution is -2.44. The molecule has 1 aliphatic carbocycles. The highest BCUT2D eigenvalue weighted by Crippen LogP contribution is 2.16. The number of aryl methyl sites for hydroxylation is 2. The second kappa shape index (κ2) is 5.72. The van der Waals surface area contributed by atoms with Crippen LogP contribution in [0.1, 0.15) is 24.1 Å². The monoisotopic (exact) mass is 277 g/mol. The van der Waals surface area contributed by atoms with Gasteiger partial charge in [-0.3, -0.25) is 15.0 Å².